The highest BCUT2D eigenvalue weighted by atomic mass is 32.2. The minimum atomic E-state index is 0.539. The Labute approximate surface area is 113 Å². The van der Waals surface area contributed by atoms with E-state index < -0.39 is 0 Å². The van der Waals surface area contributed by atoms with Crippen molar-refractivity contribution in [1.29, 1.82) is 0 Å². The lowest BCUT2D eigenvalue weighted by Gasteiger charge is -2.22. The Balaban J connectivity index is 1.64. The molecule has 1 aliphatic carbocycles. The SMILES string of the molecule is CCC1CCSC(NC2Cc3ccccc3C2)=N1. The topological polar surface area (TPSA) is 24.4 Å². The van der Waals surface area contributed by atoms with Gasteiger partial charge in [-0.1, -0.05) is 43.0 Å². The molecule has 0 fully saturated rings. The van der Waals surface area contributed by atoms with Crippen molar-refractivity contribution in [2.45, 2.75) is 44.7 Å². The Morgan fingerprint density at radius 2 is 2.00 bits per heavy atom. The highest BCUT2D eigenvalue weighted by Crippen LogP contribution is 2.24. The van der Waals surface area contributed by atoms with E-state index in [-0.39, 0.29) is 0 Å². The fourth-order valence-corrected chi connectivity index (χ4v) is 3.83. The molecule has 1 atom stereocenters. The third kappa shape index (κ3) is 2.56. The average Bonchev–Trinajstić information content (AvgIpc) is 2.81. The number of hydrogen-bond acceptors (Lipinski definition) is 3. The number of amidine groups is 1. The van der Waals surface area contributed by atoms with Crippen molar-refractivity contribution >= 4 is 16.9 Å². The number of hydrogen-bond donors (Lipinski definition) is 1. The van der Waals surface area contributed by atoms with Crippen molar-refractivity contribution in [2.24, 2.45) is 4.99 Å². The lowest BCUT2D eigenvalue weighted by molar-refractivity contribution is 0.609. The molecule has 3 heteroatoms. The summed E-state index contributed by atoms with van der Waals surface area (Å²) >= 11 is 1.89. The smallest absolute Gasteiger partial charge is 0.157 e. The van der Waals surface area contributed by atoms with Crippen molar-refractivity contribution in [3.63, 3.8) is 0 Å². The second kappa shape index (κ2) is 5.35. The minimum Gasteiger partial charge on any atom is -0.362 e. The van der Waals surface area contributed by atoms with Crippen LogP contribution < -0.4 is 5.32 Å². The van der Waals surface area contributed by atoms with Gasteiger partial charge in [-0.2, -0.15) is 0 Å². The lowest BCUT2D eigenvalue weighted by atomic mass is 10.1. The van der Waals surface area contributed by atoms with E-state index in [0.717, 1.165) is 19.3 Å². The second-order valence-electron chi connectivity index (χ2n) is 5.15. The van der Waals surface area contributed by atoms with Crippen molar-refractivity contribution < 1.29 is 0 Å². The molecule has 1 unspecified atom stereocenters. The maximum absolute atomic E-state index is 4.80. The van der Waals surface area contributed by atoms with Crippen molar-refractivity contribution in [2.75, 3.05) is 5.75 Å². The Morgan fingerprint density at radius 1 is 1.28 bits per heavy atom. The zero-order valence-electron chi connectivity index (χ0n) is 10.9. The molecule has 1 aromatic rings. The summed E-state index contributed by atoms with van der Waals surface area (Å²) in [7, 11) is 0. The summed E-state index contributed by atoms with van der Waals surface area (Å²) in [5, 5.41) is 4.81. The van der Waals surface area contributed by atoms with Gasteiger partial charge in [0.1, 0.15) is 0 Å². The molecule has 3 rings (SSSR count). The van der Waals surface area contributed by atoms with Gasteiger partial charge in [-0.25, -0.2) is 0 Å². The Hall–Kier alpha value is -0.960. The molecular weight excluding hydrogens is 240 g/mol. The van der Waals surface area contributed by atoms with Gasteiger partial charge in [0.2, 0.25) is 0 Å². The summed E-state index contributed by atoms with van der Waals surface area (Å²) in [4.78, 5) is 4.80. The van der Waals surface area contributed by atoms with Crippen LogP contribution in [0.5, 0.6) is 0 Å². The maximum Gasteiger partial charge on any atom is 0.157 e. The third-order valence-corrected chi connectivity index (χ3v) is 4.78. The van der Waals surface area contributed by atoms with E-state index >= 15 is 0 Å². The van der Waals surface area contributed by atoms with Crippen LogP contribution in [0.25, 0.3) is 0 Å². The molecule has 0 spiro atoms. The first-order valence-corrected chi connectivity index (χ1v) is 7.87. The first-order chi connectivity index (χ1) is 8.85. The molecule has 0 saturated heterocycles. The number of rotatable bonds is 2. The van der Waals surface area contributed by atoms with Gasteiger partial charge >= 0.3 is 0 Å². The third-order valence-electron chi connectivity index (χ3n) is 3.84. The van der Waals surface area contributed by atoms with Gasteiger partial charge in [0.05, 0.1) is 6.04 Å². The number of benzene rings is 1. The maximum atomic E-state index is 4.80. The Bertz CT molecular complexity index is 431. The summed E-state index contributed by atoms with van der Waals surface area (Å²) in [6, 6.07) is 9.87. The quantitative estimate of drug-likeness (QED) is 0.884. The molecule has 96 valence electrons. The van der Waals surface area contributed by atoms with E-state index in [2.05, 4.69) is 36.5 Å². The van der Waals surface area contributed by atoms with Crippen LogP contribution in [0, 0.1) is 0 Å². The van der Waals surface area contributed by atoms with Crippen LogP contribution in [0.4, 0.5) is 0 Å². The largest absolute Gasteiger partial charge is 0.362 e. The van der Waals surface area contributed by atoms with Gasteiger partial charge in [-0.05, 0) is 36.8 Å². The molecular formula is C15H20N2S. The molecule has 2 aliphatic rings. The second-order valence-corrected chi connectivity index (χ2v) is 6.24. The molecule has 0 radical (unpaired) electrons. The summed E-state index contributed by atoms with van der Waals surface area (Å²) < 4.78 is 0. The average molecular weight is 260 g/mol. The van der Waals surface area contributed by atoms with Crippen LogP contribution in [0.1, 0.15) is 30.9 Å². The van der Waals surface area contributed by atoms with E-state index in [0.29, 0.717) is 12.1 Å². The van der Waals surface area contributed by atoms with E-state index in [1.807, 2.05) is 11.8 Å². The molecule has 18 heavy (non-hydrogen) atoms. The van der Waals surface area contributed by atoms with Gasteiger partial charge in [0, 0.05) is 11.8 Å². The van der Waals surface area contributed by atoms with Crippen molar-refractivity contribution in [3.05, 3.63) is 35.4 Å². The van der Waals surface area contributed by atoms with Crippen molar-refractivity contribution in [1.82, 2.24) is 5.32 Å². The Kier molecular flexibility index (Phi) is 3.59. The molecule has 0 saturated carbocycles. The molecule has 1 aliphatic heterocycles. The summed E-state index contributed by atoms with van der Waals surface area (Å²) in [5.74, 6) is 1.21. The van der Waals surface area contributed by atoms with Crippen LogP contribution in [0.2, 0.25) is 0 Å². The monoisotopic (exact) mass is 260 g/mol. The molecule has 1 aromatic carbocycles. The zero-order chi connectivity index (χ0) is 12.4. The summed E-state index contributed by atoms with van der Waals surface area (Å²) in [5.41, 5.74) is 3.01. The summed E-state index contributed by atoms with van der Waals surface area (Å²) in [6.45, 7) is 2.23. The minimum absolute atomic E-state index is 0.539. The van der Waals surface area contributed by atoms with E-state index in [1.54, 1.807) is 0 Å². The standard InChI is InChI=1S/C15H20N2S/c1-2-13-7-8-18-15(16-13)17-14-9-11-5-3-4-6-12(11)10-14/h3-6,13-14H,2,7-10H2,1H3,(H,16,17). The lowest BCUT2D eigenvalue weighted by Crippen LogP contribution is -2.36. The fraction of sp³-hybridized carbons (Fsp3) is 0.533. The van der Waals surface area contributed by atoms with Crippen molar-refractivity contribution in [3.8, 4) is 0 Å². The normalized spacial score (nSPS) is 23.6. The molecule has 2 nitrogen and oxygen atoms in total. The number of fused-ring (bicyclic) bond motifs is 1. The molecule has 0 amide bonds. The van der Waals surface area contributed by atoms with Gasteiger partial charge in [0.15, 0.2) is 5.17 Å². The number of nitrogens with zero attached hydrogens (tertiary/aromatic N) is 1. The predicted molar refractivity (Wildman–Crippen MR) is 79.4 cm³/mol. The van der Waals surface area contributed by atoms with Crippen LogP contribution in [-0.2, 0) is 12.8 Å². The molecule has 0 bridgehead atoms. The van der Waals surface area contributed by atoms with Crippen LogP contribution >= 0.6 is 11.8 Å². The van der Waals surface area contributed by atoms with Crippen LogP contribution in [0.15, 0.2) is 29.3 Å². The first kappa shape index (κ1) is 12.1. The number of nitrogens with one attached hydrogen (secondary N) is 1. The first-order valence-electron chi connectivity index (χ1n) is 6.89. The highest BCUT2D eigenvalue weighted by Gasteiger charge is 2.23. The van der Waals surface area contributed by atoms with Gasteiger partial charge in [-0.15, -0.1) is 0 Å². The van der Waals surface area contributed by atoms with Crippen LogP contribution in [0.3, 0.4) is 0 Å². The summed E-state index contributed by atoms with van der Waals surface area (Å²) in [6.07, 6.45) is 4.69. The highest BCUT2D eigenvalue weighted by molar-refractivity contribution is 8.13. The number of aliphatic imine (C=N–C) groups is 1. The predicted octanol–water partition coefficient (Wildman–Crippen LogP) is 3.01. The van der Waals surface area contributed by atoms with Gasteiger partial charge in [0.25, 0.3) is 0 Å². The zero-order valence-corrected chi connectivity index (χ0v) is 11.7. The van der Waals surface area contributed by atoms with E-state index in [1.165, 1.54) is 28.5 Å². The molecule has 1 N–H and O–H groups in total. The fourth-order valence-electron chi connectivity index (χ4n) is 2.77. The number of thioether (sulfide) groups is 1. The Morgan fingerprint density at radius 3 is 2.67 bits per heavy atom. The van der Waals surface area contributed by atoms with Crippen LogP contribution in [-0.4, -0.2) is 23.0 Å². The van der Waals surface area contributed by atoms with E-state index in [4.69, 9.17) is 4.99 Å². The van der Waals surface area contributed by atoms with Gasteiger partial charge in [-0.3, -0.25) is 4.99 Å². The molecule has 0 aromatic heterocycles. The van der Waals surface area contributed by atoms with Gasteiger partial charge < -0.3 is 5.32 Å². The molecule has 1 heterocycles. The van der Waals surface area contributed by atoms with E-state index in [9.17, 15) is 0 Å².